The Morgan fingerprint density at radius 2 is 2.00 bits per heavy atom. The van der Waals surface area contributed by atoms with Crippen LogP contribution in [-0.2, 0) is 21.1 Å². The molecule has 9 heteroatoms. The monoisotopic (exact) mass is 449 g/mol. The molecule has 31 heavy (non-hydrogen) atoms. The summed E-state index contributed by atoms with van der Waals surface area (Å²) >= 11 is 1.20. The molecule has 0 spiro atoms. The van der Waals surface area contributed by atoms with E-state index < -0.39 is 11.7 Å². The second-order valence-corrected chi connectivity index (χ2v) is 9.17. The minimum absolute atomic E-state index is 0.0102. The summed E-state index contributed by atoms with van der Waals surface area (Å²) in [7, 11) is 0. The van der Waals surface area contributed by atoms with Crippen molar-refractivity contribution in [2.75, 3.05) is 5.32 Å². The lowest BCUT2D eigenvalue weighted by Gasteiger charge is -2.17. The number of ether oxygens (including phenoxy) is 1. The van der Waals surface area contributed by atoms with Crippen LogP contribution in [-0.4, -0.2) is 22.4 Å². The number of hydrogen-bond acceptors (Lipinski definition) is 5. The van der Waals surface area contributed by atoms with E-state index >= 15 is 0 Å². The molecule has 2 aromatic rings. The van der Waals surface area contributed by atoms with Crippen molar-refractivity contribution < 1.29 is 23.5 Å². The van der Waals surface area contributed by atoms with Gasteiger partial charge in [0, 0.05) is 30.0 Å². The number of aromatic nitrogens is 1. The molecular weight excluding hydrogens is 421 g/mol. The van der Waals surface area contributed by atoms with E-state index in [4.69, 9.17) is 4.74 Å². The number of amides is 2. The third kappa shape index (κ3) is 8.09. The number of esters is 1. The van der Waals surface area contributed by atoms with Gasteiger partial charge in [-0.2, -0.15) is 4.99 Å². The van der Waals surface area contributed by atoms with Crippen molar-refractivity contribution in [2.45, 2.75) is 60.1 Å². The highest BCUT2D eigenvalue weighted by molar-refractivity contribution is 7.07. The first-order valence-corrected chi connectivity index (χ1v) is 10.9. The number of unbranched alkanes of at least 4 members (excludes halogenated alkanes) is 1. The van der Waals surface area contributed by atoms with Gasteiger partial charge in [0.1, 0.15) is 5.82 Å². The largest absolute Gasteiger partial charge is 0.444 e. The number of nitrogens with zero attached hydrogens (tertiary/aromatic N) is 2. The van der Waals surface area contributed by atoms with Gasteiger partial charge in [0.2, 0.25) is 5.91 Å². The van der Waals surface area contributed by atoms with Crippen LogP contribution < -0.4 is 10.1 Å². The number of nitrogens with one attached hydrogen (secondary N) is 1. The quantitative estimate of drug-likeness (QED) is 0.601. The van der Waals surface area contributed by atoms with Crippen molar-refractivity contribution in [3.63, 3.8) is 0 Å². The molecule has 0 aliphatic carbocycles. The summed E-state index contributed by atoms with van der Waals surface area (Å²) < 4.78 is 21.1. The van der Waals surface area contributed by atoms with E-state index in [1.807, 2.05) is 27.7 Å². The second-order valence-electron chi connectivity index (χ2n) is 8.30. The van der Waals surface area contributed by atoms with Crippen molar-refractivity contribution in [3.8, 4) is 0 Å². The zero-order valence-corrected chi connectivity index (χ0v) is 19.1. The Morgan fingerprint density at radius 1 is 1.26 bits per heavy atom. The molecule has 0 unspecified atom stereocenters. The third-order valence-electron chi connectivity index (χ3n) is 4.14. The lowest BCUT2D eigenvalue weighted by molar-refractivity contribution is -0.147. The summed E-state index contributed by atoms with van der Waals surface area (Å²) in [5, 5.41) is 4.23. The van der Waals surface area contributed by atoms with Crippen LogP contribution in [0.25, 0.3) is 0 Å². The molecule has 0 bridgehead atoms. The molecule has 0 saturated heterocycles. The number of halogens is 1. The average Bonchev–Trinajstić information content (AvgIpc) is 3.11. The Kier molecular flexibility index (Phi) is 8.67. The molecule has 2 rings (SSSR count). The minimum atomic E-state index is -0.716. The van der Waals surface area contributed by atoms with E-state index in [1.54, 1.807) is 11.6 Å². The van der Waals surface area contributed by atoms with Gasteiger partial charge in [-0.25, -0.2) is 4.39 Å². The second kappa shape index (κ2) is 11.0. The molecule has 1 aromatic heterocycles. The normalized spacial score (nSPS) is 12.0. The van der Waals surface area contributed by atoms with Gasteiger partial charge in [-0.3, -0.25) is 19.0 Å². The number of anilines is 1. The maximum Gasteiger partial charge on any atom is 0.307 e. The van der Waals surface area contributed by atoms with Crippen LogP contribution in [0.3, 0.4) is 0 Å². The van der Waals surface area contributed by atoms with E-state index in [-0.39, 0.29) is 41.7 Å². The van der Waals surface area contributed by atoms with Crippen LogP contribution in [0.4, 0.5) is 10.1 Å². The van der Waals surface area contributed by atoms with E-state index in [2.05, 4.69) is 10.3 Å². The SMILES string of the molecule is CCCCC(=O)OCn1ccsc1=NC(=O)c1ccc(NC(=O)CC(C)(C)C)c(F)c1. The van der Waals surface area contributed by atoms with Crippen LogP contribution in [0.1, 0.15) is 63.7 Å². The molecular formula is C22H28FN3O4S. The topological polar surface area (TPSA) is 89.8 Å². The van der Waals surface area contributed by atoms with Crippen LogP contribution in [0.2, 0.25) is 0 Å². The Hall–Kier alpha value is -2.81. The van der Waals surface area contributed by atoms with Crippen LogP contribution in [0, 0.1) is 11.2 Å². The van der Waals surface area contributed by atoms with Gasteiger partial charge >= 0.3 is 5.97 Å². The zero-order valence-electron chi connectivity index (χ0n) is 18.2. The van der Waals surface area contributed by atoms with Gasteiger partial charge in [-0.1, -0.05) is 34.1 Å². The Balaban J connectivity index is 2.08. The fourth-order valence-electron chi connectivity index (χ4n) is 2.60. The maximum absolute atomic E-state index is 14.4. The van der Waals surface area contributed by atoms with Gasteiger partial charge < -0.3 is 10.1 Å². The number of rotatable bonds is 8. The van der Waals surface area contributed by atoms with Crippen molar-refractivity contribution in [1.82, 2.24) is 4.57 Å². The lowest BCUT2D eigenvalue weighted by Crippen LogP contribution is -2.20. The average molecular weight is 450 g/mol. The van der Waals surface area contributed by atoms with Gasteiger partial charge in [-0.05, 0) is 30.0 Å². The highest BCUT2D eigenvalue weighted by Crippen LogP contribution is 2.21. The summed E-state index contributed by atoms with van der Waals surface area (Å²) in [6.07, 6.45) is 3.87. The minimum Gasteiger partial charge on any atom is -0.444 e. The number of carbonyl (C=O) groups is 3. The van der Waals surface area contributed by atoms with Gasteiger partial charge in [-0.15, -0.1) is 11.3 Å². The molecule has 0 atom stereocenters. The molecule has 0 fully saturated rings. The van der Waals surface area contributed by atoms with Crippen LogP contribution >= 0.6 is 11.3 Å². The molecule has 1 heterocycles. The molecule has 0 radical (unpaired) electrons. The van der Waals surface area contributed by atoms with Crippen molar-refractivity contribution in [2.24, 2.45) is 10.4 Å². The van der Waals surface area contributed by atoms with Crippen molar-refractivity contribution >= 4 is 34.8 Å². The summed E-state index contributed by atoms with van der Waals surface area (Å²) in [6.45, 7) is 7.67. The van der Waals surface area contributed by atoms with Gasteiger partial charge in [0.05, 0.1) is 5.69 Å². The predicted molar refractivity (Wildman–Crippen MR) is 117 cm³/mol. The van der Waals surface area contributed by atoms with E-state index in [9.17, 15) is 18.8 Å². The number of carbonyl (C=O) groups excluding carboxylic acids is 3. The molecule has 1 aromatic carbocycles. The van der Waals surface area contributed by atoms with Crippen molar-refractivity contribution in [3.05, 3.63) is 46.0 Å². The Morgan fingerprint density at radius 3 is 2.65 bits per heavy atom. The number of hydrogen-bond donors (Lipinski definition) is 1. The summed E-state index contributed by atoms with van der Waals surface area (Å²) in [6, 6.07) is 3.79. The Labute approximate surface area is 185 Å². The summed E-state index contributed by atoms with van der Waals surface area (Å²) in [5.41, 5.74) is -0.169. The molecule has 168 valence electrons. The first-order valence-electron chi connectivity index (χ1n) is 10.1. The fraction of sp³-hybridized carbons (Fsp3) is 0.455. The highest BCUT2D eigenvalue weighted by atomic mass is 32.1. The van der Waals surface area contributed by atoms with E-state index in [1.165, 1.54) is 28.0 Å². The van der Waals surface area contributed by atoms with Gasteiger partial charge in [0.15, 0.2) is 11.5 Å². The molecule has 2 amide bonds. The van der Waals surface area contributed by atoms with E-state index in [0.29, 0.717) is 11.2 Å². The van der Waals surface area contributed by atoms with Crippen LogP contribution in [0.15, 0.2) is 34.8 Å². The zero-order chi connectivity index (χ0) is 23.0. The summed E-state index contributed by atoms with van der Waals surface area (Å²) in [4.78, 5) is 40.5. The number of thiazole rings is 1. The summed E-state index contributed by atoms with van der Waals surface area (Å²) in [5.74, 6) is -1.97. The smallest absolute Gasteiger partial charge is 0.307 e. The Bertz CT molecular complexity index is 1000. The molecule has 0 aliphatic rings. The molecule has 7 nitrogen and oxygen atoms in total. The standard InChI is InChI=1S/C22H28FN3O4S/c1-5-6-7-19(28)30-14-26-10-11-31-21(26)25-20(29)15-8-9-17(16(23)12-15)24-18(27)13-22(2,3)4/h8-12H,5-7,13-14H2,1-4H3,(H,24,27). The highest BCUT2D eigenvalue weighted by Gasteiger charge is 2.18. The first-order chi connectivity index (χ1) is 14.6. The lowest BCUT2D eigenvalue weighted by atomic mass is 9.92. The molecule has 1 N–H and O–H groups in total. The van der Waals surface area contributed by atoms with Crippen molar-refractivity contribution in [1.29, 1.82) is 0 Å². The van der Waals surface area contributed by atoms with Crippen LogP contribution in [0.5, 0.6) is 0 Å². The number of benzene rings is 1. The fourth-order valence-corrected chi connectivity index (χ4v) is 3.31. The predicted octanol–water partition coefficient (Wildman–Crippen LogP) is 4.50. The molecule has 0 aliphatic heterocycles. The first kappa shape index (κ1) is 24.5. The van der Waals surface area contributed by atoms with Gasteiger partial charge in [0.25, 0.3) is 5.91 Å². The third-order valence-corrected chi connectivity index (χ3v) is 4.93. The van der Waals surface area contributed by atoms with E-state index in [0.717, 1.165) is 18.9 Å². The molecule has 0 saturated carbocycles. The maximum atomic E-state index is 14.4.